The van der Waals surface area contributed by atoms with Gasteiger partial charge in [0, 0.05) is 25.5 Å². The predicted molar refractivity (Wildman–Crippen MR) is 78.2 cm³/mol. The molecule has 19 heavy (non-hydrogen) atoms. The van der Waals surface area contributed by atoms with E-state index < -0.39 is 0 Å². The molecule has 3 rings (SSSR count). The lowest BCUT2D eigenvalue weighted by Gasteiger charge is -2.13. The highest BCUT2D eigenvalue weighted by Crippen LogP contribution is 2.30. The molecule has 96 valence electrons. The fourth-order valence-corrected chi connectivity index (χ4v) is 2.01. The van der Waals surface area contributed by atoms with Crippen LogP contribution in [0.3, 0.4) is 0 Å². The van der Waals surface area contributed by atoms with Crippen LogP contribution in [0.25, 0.3) is 22.6 Å². The summed E-state index contributed by atoms with van der Waals surface area (Å²) in [5, 5.41) is 0. The first-order valence-corrected chi connectivity index (χ1v) is 6.08. The molecule has 0 aliphatic rings. The van der Waals surface area contributed by atoms with Crippen molar-refractivity contribution in [3.63, 3.8) is 0 Å². The van der Waals surface area contributed by atoms with Crippen LogP contribution >= 0.6 is 0 Å². The first-order valence-electron chi connectivity index (χ1n) is 6.08. The molecule has 1 aromatic heterocycles. The first-order chi connectivity index (χ1) is 9.15. The van der Waals surface area contributed by atoms with Crippen LogP contribution in [-0.2, 0) is 0 Å². The van der Waals surface area contributed by atoms with E-state index >= 15 is 0 Å². The van der Waals surface area contributed by atoms with Crippen LogP contribution < -0.4 is 10.6 Å². The average Bonchev–Trinajstić information content (AvgIpc) is 2.81. The Hall–Kier alpha value is -2.49. The van der Waals surface area contributed by atoms with E-state index in [1.807, 2.05) is 61.5 Å². The second-order valence-electron chi connectivity index (χ2n) is 4.65. The number of rotatable bonds is 2. The highest BCUT2D eigenvalue weighted by molar-refractivity contribution is 5.80. The molecular formula is C15H15N3O. The van der Waals surface area contributed by atoms with Gasteiger partial charge in [-0.2, -0.15) is 0 Å². The molecule has 3 aromatic rings. The average molecular weight is 253 g/mol. The number of hydrogen-bond donors (Lipinski definition) is 1. The molecule has 0 bridgehead atoms. The maximum absolute atomic E-state index is 6.09. The van der Waals surface area contributed by atoms with Crippen LogP contribution in [0.4, 0.5) is 11.4 Å². The summed E-state index contributed by atoms with van der Waals surface area (Å²) in [5.41, 5.74) is 10.2. The molecule has 2 aromatic carbocycles. The molecule has 4 nitrogen and oxygen atoms in total. The van der Waals surface area contributed by atoms with E-state index in [0.29, 0.717) is 11.6 Å². The number of oxazole rings is 1. The van der Waals surface area contributed by atoms with Crippen molar-refractivity contribution in [2.75, 3.05) is 24.7 Å². The lowest BCUT2D eigenvalue weighted by Crippen LogP contribution is -2.08. The van der Waals surface area contributed by atoms with Crippen molar-refractivity contribution in [1.82, 2.24) is 4.98 Å². The monoisotopic (exact) mass is 253 g/mol. The summed E-state index contributed by atoms with van der Waals surface area (Å²) < 4.78 is 5.73. The predicted octanol–water partition coefficient (Wildman–Crippen LogP) is 3.14. The number of hydrogen-bond acceptors (Lipinski definition) is 4. The van der Waals surface area contributed by atoms with Gasteiger partial charge in [-0.3, -0.25) is 0 Å². The first kappa shape index (κ1) is 11.6. The topological polar surface area (TPSA) is 55.3 Å². The normalized spacial score (nSPS) is 10.8. The van der Waals surface area contributed by atoms with Crippen molar-refractivity contribution < 1.29 is 4.42 Å². The molecular weight excluding hydrogens is 238 g/mol. The zero-order chi connectivity index (χ0) is 13.4. The number of fused-ring (bicyclic) bond motifs is 1. The van der Waals surface area contributed by atoms with E-state index in [2.05, 4.69) is 4.98 Å². The zero-order valence-electron chi connectivity index (χ0n) is 10.9. The minimum Gasteiger partial charge on any atom is -0.436 e. The Morgan fingerprint density at radius 3 is 2.58 bits per heavy atom. The number of benzene rings is 2. The minimum atomic E-state index is 0.559. The van der Waals surface area contributed by atoms with Crippen LogP contribution in [0.1, 0.15) is 0 Å². The van der Waals surface area contributed by atoms with Gasteiger partial charge in [-0.15, -0.1) is 0 Å². The summed E-state index contributed by atoms with van der Waals surface area (Å²) in [6.45, 7) is 0. The van der Waals surface area contributed by atoms with Crippen molar-refractivity contribution in [2.45, 2.75) is 0 Å². The van der Waals surface area contributed by atoms with E-state index in [-0.39, 0.29) is 0 Å². The number of anilines is 2. The largest absolute Gasteiger partial charge is 0.436 e. The third kappa shape index (κ3) is 2.01. The van der Waals surface area contributed by atoms with Crippen molar-refractivity contribution in [2.24, 2.45) is 0 Å². The molecule has 0 unspecified atom stereocenters. The Kier molecular flexibility index (Phi) is 2.63. The summed E-state index contributed by atoms with van der Waals surface area (Å²) in [6, 6.07) is 13.5. The summed E-state index contributed by atoms with van der Waals surface area (Å²) in [6.07, 6.45) is 0. The number of para-hydroxylation sites is 2. The minimum absolute atomic E-state index is 0.559. The molecule has 4 heteroatoms. The van der Waals surface area contributed by atoms with Crippen molar-refractivity contribution in [3.05, 3.63) is 42.5 Å². The quantitative estimate of drug-likeness (QED) is 0.713. The maximum atomic E-state index is 6.09. The Bertz CT molecular complexity index is 698. The van der Waals surface area contributed by atoms with Crippen molar-refractivity contribution in [1.29, 1.82) is 0 Å². The number of nitrogens with two attached hydrogens (primary N) is 1. The van der Waals surface area contributed by atoms with Gasteiger partial charge in [0.15, 0.2) is 5.58 Å². The second-order valence-corrected chi connectivity index (χ2v) is 4.65. The molecule has 0 atom stereocenters. The lowest BCUT2D eigenvalue weighted by molar-refractivity contribution is 0.620. The Morgan fingerprint density at radius 2 is 1.89 bits per heavy atom. The van der Waals surface area contributed by atoms with E-state index in [9.17, 15) is 0 Å². The molecule has 0 saturated heterocycles. The van der Waals surface area contributed by atoms with Crippen molar-refractivity contribution >= 4 is 22.5 Å². The fourth-order valence-electron chi connectivity index (χ4n) is 2.01. The SMILES string of the molecule is CN(C)c1ccc(-c2nc3ccccc3o2)c(N)c1. The zero-order valence-corrected chi connectivity index (χ0v) is 10.9. The van der Waals surface area contributed by atoms with Gasteiger partial charge in [-0.25, -0.2) is 4.98 Å². The van der Waals surface area contributed by atoms with Crippen molar-refractivity contribution in [3.8, 4) is 11.5 Å². The fraction of sp³-hybridized carbons (Fsp3) is 0.133. The highest BCUT2D eigenvalue weighted by Gasteiger charge is 2.11. The molecule has 0 saturated carbocycles. The molecule has 2 N–H and O–H groups in total. The molecule has 0 amide bonds. The third-order valence-corrected chi connectivity index (χ3v) is 3.08. The maximum Gasteiger partial charge on any atom is 0.229 e. The lowest BCUT2D eigenvalue weighted by atomic mass is 10.1. The summed E-state index contributed by atoms with van der Waals surface area (Å²) in [7, 11) is 3.96. The molecule has 0 aliphatic carbocycles. The smallest absolute Gasteiger partial charge is 0.229 e. The van der Waals surface area contributed by atoms with Gasteiger partial charge in [0.25, 0.3) is 0 Å². The van der Waals surface area contributed by atoms with Crippen LogP contribution in [-0.4, -0.2) is 19.1 Å². The van der Waals surface area contributed by atoms with Gasteiger partial charge in [0.2, 0.25) is 5.89 Å². The Labute approximate surface area is 111 Å². The van der Waals surface area contributed by atoms with Gasteiger partial charge in [0.1, 0.15) is 5.52 Å². The van der Waals surface area contributed by atoms with Crippen LogP contribution in [0.15, 0.2) is 46.9 Å². The Morgan fingerprint density at radius 1 is 1.11 bits per heavy atom. The summed E-state index contributed by atoms with van der Waals surface area (Å²) in [4.78, 5) is 6.46. The van der Waals surface area contributed by atoms with Crippen LogP contribution in [0, 0.1) is 0 Å². The summed E-state index contributed by atoms with van der Waals surface area (Å²) in [5.74, 6) is 0.559. The molecule has 0 radical (unpaired) electrons. The molecule has 0 spiro atoms. The standard InChI is InChI=1S/C15H15N3O/c1-18(2)10-7-8-11(12(16)9-10)15-17-13-5-3-4-6-14(13)19-15/h3-9H,16H2,1-2H3. The molecule has 0 fully saturated rings. The number of aromatic nitrogens is 1. The van der Waals surface area contributed by atoms with Gasteiger partial charge in [0.05, 0.1) is 5.56 Å². The van der Waals surface area contributed by atoms with Gasteiger partial charge in [-0.05, 0) is 30.3 Å². The number of nitrogen functional groups attached to an aromatic ring is 1. The van der Waals surface area contributed by atoms with Crippen LogP contribution in [0.5, 0.6) is 0 Å². The van der Waals surface area contributed by atoms with Gasteiger partial charge < -0.3 is 15.1 Å². The van der Waals surface area contributed by atoms with E-state index in [1.54, 1.807) is 0 Å². The van der Waals surface area contributed by atoms with E-state index in [1.165, 1.54) is 0 Å². The third-order valence-electron chi connectivity index (χ3n) is 3.08. The molecule has 1 heterocycles. The second kappa shape index (κ2) is 4.31. The Balaban J connectivity index is 2.11. The van der Waals surface area contributed by atoms with Gasteiger partial charge in [-0.1, -0.05) is 12.1 Å². The van der Waals surface area contributed by atoms with E-state index in [0.717, 1.165) is 22.4 Å². The van der Waals surface area contributed by atoms with E-state index in [4.69, 9.17) is 10.2 Å². The summed E-state index contributed by atoms with van der Waals surface area (Å²) >= 11 is 0. The molecule has 0 aliphatic heterocycles. The number of nitrogens with zero attached hydrogens (tertiary/aromatic N) is 2. The highest BCUT2D eigenvalue weighted by atomic mass is 16.3. The van der Waals surface area contributed by atoms with Gasteiger partial charge >= 0.3 is 0 Å². The van der Waals surface area contributed by atoms with Crippen LogP contribution in [0.2, 0.25) is 0 Å².